The molecule has 0 radical (unpaired) electrons. The lowest BCUT2D eigenvalue weighted by atomic mass is 10.1. The van der Waals surface area contributed by atoms with E-state index in [-0.39, 0.29) is 6.42 Å². The van der Waals surface area contributed by atoms with Crippen LogP contribution >= 0.6 is 0 Å². The molecule has 0 aliphatic heterocycles. The predicted molar refractivity (Wildman–Crippen MR) is 110 cm³/mol. The van der Waals surface area contributed by atoms with E-state index in [9.17, 15) is 9.90 Å². The minimum atomic E-state index is -1.22. The summed E-state index contributed by atoms with van der Waals surface area (Å²) in [7, 11) is 1.25. The van der Waals surface area contributed by atoms with Crippen molar-refractivity contribution in [2.75, 3.05) is 7.11 Å². The average Bonchev–Trinajstić information content (AvgIpc) is 2.77. The van der Waals surface area contributed by atoms with Crippen LogP contribution in [-0.2, 0) is 29.2 Å². The molecule has 1 N–H and O–H groups in total. The van der Waals surface area contributed by atoms with Crippen LogP contribution in [0.1, 0.15) is 16.7 Å². The molecule has 5 nitrogen and oxygen atoms in total. The molecule has 0 bridgehead atoms. The third kappa shape index (κ3) is 6.09. The molecule has 0 aliphatic carbocycles. The van der Waals surface area contributed by atoms with Crippen molar-refractivity contribution in [2.45, 2.75) is 25.7 Å². The first-order valence-corrected chi connectivity index (χ1v) is 9.38. The molecule has 0 aromatic heterocycles. The van der Waals surface area contributed by atoms with Crippen LogP contribution in [0.15, 0.2) is 78.9 Å². The van der Waals surface area contributed by atoms with Crippen LogP contribution in [0.25, 0.3) is 0 Å². The van der Waals surface area contributed by atoms with Gasteiger partial charge in [0.25, 0.3) is 0 Å². The average molecular weight is 392 g/mol. The Hall–Kier alpha value is -3.31. The number of aliphatic hydroxyl groups excluding tert-OH is 1. The van der Waals surface area contributed by atoms with Crippen molar-refractivity contribution in [3.63, 3.8) is 0 Å². The summed E-state index contributed by atoms with van der Waals surface area (Å²) in [6, 6.07) is 25.1. The molecule has 0 saturated heterocycles. The molecule has 0 unspecified atom stereocenters. The van der Waals surface area contributed by atoms with Gasteiger partial charge in [0.1, 0.15) is 13.2 Å². The molecule has 0 aliphatic rings. The van der Waals surface area contributed by atoms with Crippen molar-refractivity contribution in [1.82, 2.24) is 0 Å². The summed E-state index contributed by atoms with van der Waals surface area (Å²) in [6.45, 7) is 0.790. The van der Waals surface area contributed by atoms with E-state index in [0.717, 1.165) is 16.7 Å². The molecule has 0 amide bonds. The van der Waals surface area contributed by atoms with Gasteiger partial charge in [0.15, 0.2) is 17.6 Å². The molecular formula is C24H24O5. The van der Waals surface area contributed by atoms with Gasteiger partial charge in [-0.15, -0.1) is 0 Å². The third-order valence-electron chi connectivity index (χ3n) is 4.38. The van der Waals surface area contributed by atoms with Gasteiger partial charge in [-0.05, 0) is 28.8 Å². The van der Waals surface area contributed by atoms with Gasteiger partial charge in [-0.1, -0.05) is 66.7 Å². The lowest BCUT2D eigenvalue weighted by Gasteiger charge is -2.15. The molecule has 0 fully saturated rings. The second-order valence-corrected chi connectivity index (χ2v) is 6.57. The first-order valence-electron chi connectivity index (χ1n) is 9.38. The summed E-state index contributed by atoms with van der Waals surface area (Å²) in [5.74, 6) is 0.488. The fraction of sp³-hybridized carbons (Fsp3) is 0.208. The largest absolute Gasteiger partial charge is 0.485 e. The first-order chi connectivity index (χ1) is 14.2. The SMILES string of the molecule is COC(=O)[C@@H](O)Cc1ccc(OCc2ccccc2)c(OCc2ccccc2)c1. The Kier molecular flexibility index (Phi) is 7.25. The van der Waals surface area contributed by atoms with Crippen LogP contribution in [0.2, 0.25) is 0 Å². The van der Waals surface area contributed by atoms with Crippen LogP contribution < -0.4 is 9.47 Å². The van der Waals surface area contributed by atoms with Crippen molar-refractivity contribution >= 4 is 5.97 Å². The van der Waals surface area contributed by atoms with Crippen molar-refractivity contribution in [3.8, 4) is 11.5 Å². The monoisotopic (exact) mass is 392 g/mol. The normalized spacial score (nSPS) is 11.5. The van der Waals surface area contributed by atoms with Crippen LogP contribution in [0.3, 0.4) is 0 Å². The Bertz CT molecular complexity index is 909. The minimum Gasteiger partial charge on any atom is -0.485 e. The van der Waals surface area contributed by atoms with Crippen molar-refractivity contribution in [3.05, 3.63) is 95.6 Å². The van der Waals surface area contributed by atoms with Gasteiger partial charge in [-0.2, -0.15) is 0 Å². The molecule has 3 rings (SSSR count). The van der Waals surface area contributed by atoms with Gasteiger partial charge in [0.05, 0.1) is 7.11 Å². The topological polar surface area (TPSA) is 65.0 Å². The predicted octanol–water partition coefficient (Wildman–Crippen LogP) is 3.92. The molecule has 0 spiro atoms. The van der Waals surface area contributed by atoms with E-state index in [2.05, 4.69) is 4.74 Å². The van der Waals surface area contributed by atoms with E-state index in [4.69, 9.17) is 9.47 Å². The fourth-order valence-corrected chi connectivity index (χ4v) is 2.82. The van der Waals surface area contributed by atoms with E-state index in [1.807, 2.05) is 66.7 Å². The van der Waals surface area contributed by atoms with Crippen LogP contribution in [0, 0.1) is 0 Å². The Morgan fingerprint density at radius 2 is 1.34 bits per heavy atom. The summed E-state index contributed by atoms with van der Waals surface area (Å²) in [4.78, 5) is 11.5. The summed E-state index contributed by atoms with van der Waals surface area (Å²) in [6.07, 6.45) is -1.09. The summed E-state index contributed by atoms with van der Waals surface area (Å²) in [5.41, 5.74) is 2.83. The molecule has 5 heteroatoms. The Morgan fingerprint density at radius 1 is 0.793 bits per heavy atom. The number of aliphatic hydroxyl groups is 1. The zero-order valence-electron chi connectivity index (χ0n) is 16.3. The van der Waals surface area contributed by atoms with Gasteiger partial charge >= 0.3 is 5.97 Å². The van der Waals surface area contributed by atoms with Gasteiger partial charge in [-0.25, -0.2) is 4.79 Å². The molecule has 0 saturated carbocycles. The second kappa shape index (κ2) is 10.3. The smallest absolute Gasteiger partial charge is 0.335 e. The summed E-state index contributed by atoms with van der Waals surface area (Å²) in [5, 5.41) is 9.94. The van der Waals surface area contributed by atoms with Crippen molar-refractivity contribution in [2.24, 2.45) is 0 Å². The lowest BCUT2D eigenvalue weighted by molar-refractivity contribution is -0.150. The molecule has 1 atom stereocenters. The number of hydrogen-bond acceptors (Lipinski definition) is 5. The molecule has 150 valence electrons. The Labute approximate surface area is 170 Å². The van der Waals surface area contributed by atoms with E-state index in [1.165, 1.54) is 7.11 Å². The van der Waals surface area contributed by atoms with Crippen LogP contribution in [-0.4, -0.2) is 24.3 Å². The van der Waals surface area contributed by atoms with Crippen molar-refractivity contribution < 1.29 is 24.1 Å². The van der Waals surface area contributed by atoms with E-state index in [1.54, 1.807) is 12.1 Å². The fourth-order valence-electron chi connectivity index (χ4n) is 2.82. The molecular weight excluding hydrogens is 368 g/mol. The van der Waals surface area contributed by atoms with Gasteiger partial charge in [0, 0.05) is 6.42 Å². The Balaban J connectivity index is 1.76. The zero-order valence-corrected chi connectivity index (χ0v) is 16.3. The molecule has 0 heterocycles. The highest BCUT2D eigenvalue weighted by Crippen LogP contribution is 2.30. The number of carbonyl (C=O) groups excluding carboxylic acids is 1. The maximum Gasteiger partial charge on any atom is 0.335 e. The van der Waals surface area contributed by atoms with E-state index < -0.39 is 12.1 Å². The Morgan fingerprint density at radius 3 is 1.90 bits per heavy atom. The quantitative estimate of drug-likeness (QED) is 0.559. The van der Waals surface area contributed by atoms with Gasteiger partial charge < -0.3 is 19.3 Å². The molecule has 3 aromatic carbocycles. The minimum absolute atomic E-state index is 0.132. The number of ether oxygens (including phenoxy) is 3. The van der Waals surface area contributed by atoms with Crippen molar-refractivity contribution in [1.29, 1.82) is 0 Å². The summed E-state index contributed by atoms with van der Waals surface area (Å²) < 4.78 is 16.5. The maximum atomic E-state index is 11.5. The maximum absolute atomic E-state index is 11.5. The summed E-state index contributed by atoms with van der Waals surface area (Å²) >= 11 is 0. The number of carbonyl (C=O) groups is 1. The zero-order chi connectivity index (χ0) is 20.5. The van der Waals surface area contributed by atoms with Crippen LogP contribution in [0.5, 0.6) is 11.5 Å². The molecule has 29 heavy (non-hydrogen) atoms. The van der Waals surface area contributed by atoms with Gasteiger partial charge in [-0.3, -0.25) is 0 Å². The van der Waals surface area contributed by atoms with Gasteiger partial charge in [0.2, 0.25) is 0 Å². The highest BCUT2D eigenvalue weighted by Gasteiger charge is 2.17. The standard InChI is InChI=1S/C24H24O5/c1-27-24(26)21(25)14-20-12-13-22(28-16-18-8-4-2-5-9-18)23(15-20)29-17-19-10-6-3-7-11-19/h2-13,15,21,25H,14,16-17H2,1H3/t21-/m0/s1. The first kappa shape index (κ1) is 20.4. The lowest BCUT2D eigenvalue weighted by Crippen LogP contribution is -2.24. The number of methoxy groups -OCH3 is 1. The molecule has 3 aromatic rings. The second-order valence-electron chi connectivity index (χ2n) is 6.57. The number of benzene rings is 3. The highest BCUT2D eigenvalue weighted by atomic mass is 16.5. The number of rotatable bonds is 9. The number of esters is 1. The van der Waals surface area contributed by atoms with E-state index in [0.29, 0.717) is 24.7 Å². The van der Waals surface area contributed by atoms with Crippen LogP contribution in [0.4, 0.5) is 0 Å². The van der Waals surface area contributed by atoms with E-state index >= 15 is 0 Å². The third-order valence-corrected chi connectivity index (χ3v) is 4.38. The highest BCUT2D eigenvalue weighted by molar-refractivity contribution is 5.74. The number of hydrogen-bond donors (Lipinski definition) is 1.